The Kier molecular flexibility index (Phi) is 47.3. The zero-order valence-corrected chi connectivity index (χ0v) is 47.4. The number of rotatable bonds is 52. The highest BCUT2D eigenvalue weighted by Crippen LogP contribution is 2.26. The van der Waals surface area contributed by atoms with Gasteiger partial charge in [-0.3, -0.25) is 14.4 Å². The van der Waals surface area contributed by atoms with Crippen molar-refractivity contribution in [2.24, 2.45) is 0 Å². The van der Waals surface area contributed by atoms with E-state index >= 15 is 0 Å². The predicted molar refractivity (Wildman–Crippen MR) is 293 cm³/mol. The van der Waals surface area contributed by atoms with Crippen LogP contribution in [0.5, 0.6) is 0 Å². The van der Waals surface area contributed by atoms with Gasteiger partial charge >= 0.3 is 11.9 Å². The second kappa shape index (κ2) is 49.8. The van der Waals surface area contributed by atoms with E-state index in [0.717, 1.165) is 186 Å². The van der Waals surface area contributed by atoms with Crippen LogP contribution in [0.1, 0.15) is 266 Å². The molecule has 1 unspecified atom stereocenters. The van der Waals surface area contributed by atoms with E-state index in [1.165, 1.54) is 38.5 Å². The molecule has 0 saturated carbocycles. The number of likely N-dealkylation sites (tertiary alicyclic amines) is 1. The first-order valence-electron chi connectivity index (χ1n) is 29.7. The van der Waals surface area contributed by atoms with Crippen molar-refractivity contribution in [1.29, 1.82) is 0 Å². The Morgan fingerprint density at radius 3 is 1.31 bits per heavy atom. The second-order valence-electron chi connectivity index (χ2n) is 20.2. The largest absolute Gasteiger partial charge is 0.466 e. The van der Waals surface area contributed by atoms with Crippen molar-refractivity contribution in [1.82, 2.24) is 9.80 Å². The maximum Gasteiger partial charge on any atom is 0.305 e. The van der Waals surface area contributed by atoms with Gasteiger partial charge in [-0.1, -0.05) is 175 Å². The number of hydrogen-bond donors (Lipinski definition) is 0. The minimum absolute atomic E-state index is 0.166. The van der Waals surface area contributed by atoms with Gasteiger partial charge in [0, 0.05) is 63.7 Å². The van der Waals surface area contributed by atoms with Crippen molar-refractivity contribution in [2.75, 3.05) is 65.5 Å². The van der Waals surface area contributed by atoms with Gasteiger partial charge in [-0.05, 0) is 90.6 Å². The van der Waals surface area contributed by atoms with Crippen LogP contribution in [0.3, 0.4) is 0 Å². The van der Waals surface area contributed by atoms with Gasteiger partial charge < -0.3 is 38.2 Å². The lowest BCUT2D eigenvalue weighted by molar-refractivity contribution is -0.159. The number of carbonyl (C=O) groups excluding carboxylic acids is 3. The Hall–Kier alpha value is -1.44. The van der Waals surface area contributed by atoms with E-state index in [1.807, 2.05) is 0 Å². The Morgan fingerprint density at radius 2 is 0.886 bits per heavy atom. The molecular weight excluding hydrogens is 901 g/mol. The summed E-state index contributed by atoms with van der Waals surface area (Å²) in [6.07, 6.45) is 36.3. The molecule has 1 fully saturated rings. The monoisotopic (exact) mass is 1010 g/mol. The maximum atomic E-state index is 14.1. The normalized spacial score (nSPS) is 14.2. The molecule has 414 valence electrons. The molecule has 1 saturated heterocycles. The summed E-state index contributed by atoms with van der Waals surface area (Å²) in [6, 6.07) is 0.806. The van der Waals surface area contributed by atoms with Crippen LogP contribution in [0.15, 0.2) is 0 Å². The molecule has 0 aromatic heterocycles. The van der Waals surface area contributed by atoms with E-state index in [0.29, 0.717) is 71.4 Å². The van der Waals surface area contributed by atoms with E-state index in [-0.39, 0.29) is 35.8 Å². The quantitative estimate of drug-likeness (QED) is 0.0330. The van der Waals surface area contributed by atoms with Crippen LogP contribution >= 0.6 is 11.8 Å². The average molecular weight is 1010 g/mol. The van der Waals surface area contributed by atoms with Crippen LogP contribution < -0.4 is 0 Å². The first-order valence-corrected chi connectivity index (χ1v) is 30.7. The molecule has 0 aliphatic carbocycles. The molecule has 1 atom stereocenters. The molecule has 1 aliphatic heterocycles. The van der Waals surface area contributed by atoms with E-state index in [9.17, 15) is 14.4 Å². The molecule has 1 amide bonds. The molecule has 12 heteroatoms. The molecule has 0 radical (unpaired) electrons. The number of thioether (sulfide) groups is 1. The van der Waals surface area contributed by atoms with Crippen LogP contribution in [0.4, 0.5) is 4.79 Å². The van der Waals surface area contributed by atoms with Crippen molar-refractivity contribution in [3.8, 4) is 0 Å². The lowest BCUT2D eigenvalue weighted by Crippen LogP contribution is -2.41. The van der Waals surface area contributed by atoms with E-state index in [1.54, 1.807) is 11.8 Å². The van der Waals surface area contributed by atoms with Gasteiger partial charge in [0.1, 0.15) is 0 Å². The summed E-state index contributed by atoms with van der Waals surface area (Å²) in [4.78, 5) is 44.1. The number of esters is 2. The van der Waals surface area contributed by atoms with Crippen LogP contribution in [0.25, 0.3) is 0 Å². The fraction of sp³-hybridized carbons (Fsp3) is 0.948. The molecule has 0 aromatic rings. The van der Waals surface area contributed by atoms with Gasteiger partial charge in [0.25, 0.3) is 5.24 Å². The first-order chi connectivity index (χ1) is 34.3. The van der Waals surface area contributed by atoms with Crippen LogP contribution in [0.2, 0.25) is 0 Å². The standard InChI is InChI=1S/C58H112N2O9S/c1-7-12-17-24-33-51-70-58(63)60(44-42-52-37-34-43-59(52)6)53(35-25-20-18-22-31-45-64-54(61)38-40-56(66-47-27-13-8-2)67-48-28-14-9-3)36-26-21-19-23-32-46-65-55(62)39-41-57(68-49-29-15-10-4)69-50-30-16-11-5/h52-53,56-57H,7-51H2,1-6H3. The van der Waals surface area contributed by atoms with E-state index in [4.69, 9.17) is 28.4 Å². The first kappa shape index (κ1) is 66.6. The maximum absolute atomic E-state index is 14.1. The number of unbranched alkanes of at least 4 members (excludes halogenated alkanes) is 20. The third kappa shape index (κ3) is 39.1. The average Bonchev–Trinajstić information content (AvgIpc) is 3.78. The van der Waals surface area contributed by atoms with E-state index in [2.05, 4.69) is 51.5 Å². The van der Waals surface area contributed by atoms with Crippen molar-refractivity contribution < 1.29 is 42.8 Å². The second-order valence-corrected chi connectivity index (χ2v) is 21.3. The minimum Gasteiger partial charge on any atom is -0.466 e. The van der Waals surface area contributed by atoms with Crippen molar-refractivity contribution in [3.05, 3.63) is 0 Å². The molecular formula is C58H112N2O9S. The summed E-state index contributed by atoms with van der Waals surface area (Å²) in [5, 5.41) is 0.277. The summed E-state index contributed by atoms with van der Waals surface area (Å²) >= 11 is 1.56. The lowest BCUT2D eigenvalue weighted by atomic mass is 9.98. The lowest BCUT2D eigenvalue weighted by Gasteiger charge is -2.33. The van der Waals surface area contributed by atoms with Crippen LogP contribution in [0, 0.1) is 0 Å². The molecule has 1 heterocycles. The molecule has 1 rings (SSSR count). The van der Waals surface area contributed by atoms with Crippen LogP contribution in [-0.2, 0) is 38.0 Å². The predicted octanol–water partition coefficient (Wildman–Crippen LogP) is 15.8. The molecule has 1 aliphatic rings. The van der Waals surface area contributed by atoms with Crippen LogP contribution in [-0.4, -0.2) is 117 Å². The molecule has 11 nitrogen and oxygen atoms in total. The Bertz CT molecular complexity index is 1100. The zero-order valence-electron chi connectivity index (χ0n) is 46.6. The number of amides is 1. The molecule has 0 bridgehead atoms. The molecule has 0 spiro atoms. The number of ether oxygens (including phenoxy) is 6. The number of hydrogen-bond acceptors (Lipinski definition) is 11. The zero-order chi connectivity index (χ0) is 51.0. The fourth-order valence-electron chi connectivity index (χ4n) is 9.17. The Morgan fingerprint density at radius 1 is 0.500 bits per heavy atom. The highest BCUT2D eigenvalue weighted by atomic mass is 32.2. The summed E-state index contributed by atoms with van der Waals surface area (Å²) < 4.78 is 35.2. The van der Waals surface area contributed by atoms with Gasteiger partial charge in [-0.15, -0.1) is 0 Å². The van der Waals surface area contributed by atoms with Gasteiger partial charge in [0.15, 0.2) is 12.6 Å². The summed E-state index contributed by atoms with van der Waals surface area (Å²) in [6.45, 7) is 16.6. The Labute approximate surface area is 435 Å². The molecule has 70 heavy (non-hydrogen) atoms. The highest BCUT2D eigenvalue weighted by molar-refractivity contribution is 8.13. The third-order valence-electron chi connectivity index (χ3n) is 13.8. The van der Waals surface area contributed by atoms with Gasteiger partial charge in [0.2, 0.25) is 0 Å². The fourth-order valence-corrected chi connectivity index (χ4v) is 10.1. The minimum atomic E-state index is -0.339. The molecule has 0 N–H and O–H groups in total. The van der Waals surface area contributed by atoms with Crippen molar-refractivity contribution in [3.63, 3.8) is 0 Å². The third-order valence-corrected chi connectivity index (χ3v) is 14.8. The number of carbonyl (C=O) groups is 3. The smallest absolute Gasteiger partial charge is 0.305 e. The van der Waals surface area contributed by atoms with Crippen molar-refractivity contribution in [2.45, 2.75) is 290 Å². The summed E-state index contributed by atoms with van der Waals surface area (Å²) in [7, 11) is 2.24. The van der Waals surface area contributed by atoms with Crippen molar-refractivity contribution >= 4 is 28.9 Å². The highest BCUT2D eigenvalue weighted by Gasteiger charge is 2.27. The topological polar surface area (TPSA) is 113 Å². The Balaban J connectivity index is 2.66. The van der Waals surface area contributed by atoms with Gasteiger partial charge in [0.05, 0.1) is 26.1 Å². The van der Waals surface area contributed by atoms with Gasteiger partial charge in [-0.25, -0.2) is 0 Å². The summed E-state index contributed by atoms with van der Waals surface area (Å²) in [5.41, 5.74) is 0. The van der Waals surface area contributed by atoms with Gasteiger partial charge in [-0.2, -0.15) is 0 Å². The van der Waals surface area contributed by atoms with E-state index < -0.39 is 0 Å². The summed E-state index contributed by atoms with van der Waals surface area (Å²) in [5.74, 6) is 0.575. The number of nitrogens with zero attached hydrogens (tertiary/aromatic N) is 2. The SMILES string of the molecule is CCCCCCCSC(=O)N(CCC1CCCN1C)C(CCCCCCCOC(=O)CCC(OCCCCC)OCCCCC)CCCCCCCOC(=O)CCC(OCCCCC)OCCCCC. The molecule has 0 aromatic carbocycles.